The van der Waals surface area contributed by atoms with Crippen molar-refractivity contribution in [3.8, 4) is 5.88 Å². The van der Waals surface area contributed by atoms with E-state index >= 15 is 0 Å². The van der Waals surface area contributed by atoms with Gasteiger partial charge >= 0.3 is 0 Å². The Labute approximate surface area is 175 Å². The van der Waals surface area contributed by atoms with Gasteiger partial charge in [0.25, 0.3) is 5.88 Å². The smallest absolute Gasteiger partial charge is 0.257 e. The van der Waals surface area contributed by atoms with Crippen molar-refractivity contribution in [2.75, 3.05) is 50.8 Å². The molecule has 0 spiro atoms. The number of carbonyl (C=O) groups excluding carboxylic acids is 2. The third-order valence-corrected chi connectivity index (χ3v) is 5.44. The molecular formula is C21H26N6O3. The Morgan fingerprint density at radius 2 is 1.63 bits per heavy atom. The number of anilines is 1. The molecule has 4 heterocycles. The second-order valence-corrected chi connectivity index (χ2v) is 7.37. The van der Waals surface area contributed by atoms with E-state index in [-0.39, 0.29) is 25.0 Å². The number of amides is 2. The molecule has 2 amide bonds. The average molecular weight is 410 g/mol. The summed E-state index contributed by atoms with van der Waals surface area (Å²) < 4.78 is 5.80. The number of aromatic nitrogens is 3. The van der Waals surface area contributed by atoms with Gasteiger partial charge in [-0.15, -0.1) is 0 Å². The molecule has 158 valence electrons. The minimum Gasteiger partial charge on any atom is -0.473 e. The van der Waals surface area contributed by atoms with Gasteiger partial charge in [-0.3, -0.25) is 24.4 Å². The molecule has 0 aromatic carbocycles. The first-order chi connectivity index (χ1) is 14.7. The minimum atomic E-state index is -0.134. The van der Waals surface area contributed by atoms with Crippen molar-refractivity contribution in [2.24, 2.45) is 0 Å². The molecule has 0 atom stereocenters. The van der Waals surface area contributed by atoms with Gasteiger partial charge in [-0.25, -0.2) is 9.97 Å². The summed E-state index contributed by atoms with van der Waals surface area (Å²) in [6.07, 6.45) is 6.60. The van der Waals surface area contributed by atoms with E-state index in [0.717, 1.165) is 44.8 Å². The van der Waals surface area contributed by atoms with Gasteiger partial charge < -0.3 is 9.64 Å². The molecule has 0 radical (unpaired) electrons. The zero-order chi connectivity index (χ0) is 20.8. The summed E-state index contributed by atoms with van der Waals surface area (Å²) in [5.74, 6) is 0.883. The maximum atomic E-state index is 11.7. The number of rotatable bonds is 8. The molecule has 30 heavy (non-hydrogen) atoms. The number of likely N-dealkylation sites (tertiary alicyclic amines) is 1. The lowest BCUT2D eigenvalue weighted by Crippen LogP contribution is -2.47. The van der Waals surface area contributed by atoms with Crippen molar-refractivity contribution >= 4 is 17.6 Å². The van der Waals surface area contributed by atoms with Crippen LogP contribution in [0.4, 0.5) is 5.82 Å². The highest BCUT2D eigenvalue weighted by Gasteiger charge is 2.28. The van der Waals surface area contributed by atoms with E-state index in [9.17, 15) is 9.59 Å². The largest absolute Gasteiger partial charge is 0.473 e. The van der Waals surface area contributed by atoms with Crippen molar-refractivity contribution in [1.82, 2.24) is 24.8 Å². The highest BCUT2D eigenvalue weighted by Crippen LogP contribution is 2.24. The minimum absolute atomic E-state index is 0.134. The average Bonchev–Trinajstić information content (AvgIpc) is 3.11. The molecule has 2 fully saturated rings. The van der Waals surface area contributed by atoms with Crippen molar-refractivity contribution in [3.63, 3.8) is 0 Å². The third-order valence-electron chi connectivity index (χ3n) is 5.44. The molecule has 0 bridgehead atoms. The van der Waals surface area contributed by atoms with Crippen LogP contribution in [0.5, 0.6) is 5.88 Å². The summed E-state index contributed by atoms with van der Waals surface area (Å²) in [6, 6.07) is 6.01. The predicted octanol–water partition coefficient (Wildman–Crippen LogP) is 0.764. The third kappa shape index (κ3) is 4.91. The standard InChI is InChI=1S/C21H26N6O3/c28-18-4-5-19(29)27(18)15-16-30-21-20(23-8-9-24-21)26-13-11-25(12-14-26)10-6-17-3-1-2-7-22-17/h1-3,7-9H,4-6,10-16H2. The SMILES string of the molecule is O=C1CCC(=O)N1CCOc1nccnc1N1CCN(CCc2ccccn2)CC1. The molecule has 0 saturated carbocycles. The Balaban J connectivity index is 1.27. The summed E-state index contributed by atoms with van der Waals surface area (Å²) in [7, 11) is 0. The Hall–Kier alpha value is -3.07. The number of hydrogen-bond donors (Lipinski definition) is 0. The van der Waals surface area contributed by atoms with Gasteiger partial charge in [-0.05, 0) is 12.1 Å². The van der Waals surface area contributed by atoms with Crippen LogP contribution in [0.25, 0.3) is 0 Å². The van der Waals surface area contributed by atoms with Crippen molar-refractivity contribution in [2.45, 2.75) is 19.3 Å². The van der Waals surface area contributed by atoms with Gasteiger partial charge in [0.1, 0.15) is 6.61 Å². The van der Waals surface area contributed by atoms with E-state index in [1.54, 1.807) is 12.4 Å². The number of pyridine rings is 1. The summed E-state index contributed by atoms with van der Waals surface area (Å²) in [4.78, 5) is 42.5. The zero-order valence-electron chi connectivity index (χ0n) is 16.9. The summed E-state index contributed by atoms with van der Waals surface area (Å²) >= 11 is 0. The Bertz CT molecular complexity index is 854. The van der Waals surface area contributed by atoms with Crippen molar-refractivity contribution < 1.29 is 14.3 Å². The molecular weight excluding hydrogens is 384 g/mol. The van der Waals surface area contributed by atoms with Crippen molar-refractivity contribution in [1.29, 1.82) is 0 Å². The van der Waals surface area contributed by atoms with E-state index in [1.165, 1.54) is 4.90 Å². The van der Waals surface area contributed by atoms with Gasteiger partial charge in [0.2, 0.25) is 11.8 Å². The molecule has 9 heteroatoms. The van der Waals surface area contributed by atoms with Gasteiger partial charge in [0.05, 0.1) is 6.54 Å². The van der Waals surface area contributed by atoms with E-state index in [4.69, 9.17) is 4.74 Å². The maximum Gasteiger partial charge on any atom is 0.257 e. The molecule has 2 saturated heterocycles. The van der Waals surface area contributed by atoms with Crippen LogP contribution in [0, 0.1) is 0 Å². The molecule has 9 nitrogen and oxygen atoms in total. The molecule has 0 unspecified atom stereocenters. The number of ether oxygens (including phenoxy) is 1. The van der Waals surface area contributed by atoms with Gasteiger partial charge in [0.15, 0.2) is 5.82 Å². The second-order valence-electron chi connectivity index (χ2n) is 7.37. The van der Waals surface area contributed by atoms with Gasteiger partial charge in [0, 0.05) is 76.3 Å². The normalized spacial score (nSPS) is 17.6. The fraction of sp³-hybridized carbons (Fsp3) is 0.476. The van der Waals surface area contributed by atoms with E-state index in [0.29, 0.717) is 24.5 Å². The molecule has 2 aromatic rings. The first kappa shape index (κ1) is 20.2. The Kier molecular flexibility index (Phi) is 6.48. The quantitative estimate of drug-likeness (QED) is 0.589. The lowest BCUT2D eigenvalue weighted by Gasteiger charge is -2.35. The second kappa shape index (κ2) is 9.62. The molecule has 0 aliphatic carbocycles. The Morgan fingerprint density at radius 3 is 2.37 bits per heavy atom. The number of carbonyl (C=O) groups is 2. The molecule has 2 aliphatic rings. The zero-order valence-corrected chi connectivity index (χ0v) is 16.9. The number of imide groups is 1. The van der Waals surface area contributed by atoms with Crippen LogP contribution in [0.15, 0.2) is 36.8 Å². The lowest BCUT2D eigenvalue weighted by atomic mass is 10.2. The first-order valence-electron chi connectivity index (χ1n) is 10.3. The highest BCUT2D eigenvalue weighted by atomic mass is 16.5. The fourth-order valence-electron chi connectivity index (χ4n) is 3.74. The highest BCUT2D eigenvalue weighted by molar-refractivity contribution is 6.01. The summed E-state index contributed by atoms with van der Waals surface area (Å²) in [5.41, 5.74) is 1.11. The van der Waals surface area contributed by atoms with Crippen LogP contribution < -0.4 is 9.64 Å². The van der Waals surface area contributed by atoms with Crippen LogP contribution in [-0.4, -0.2) is 82.4 Å². The molecule has 2 aliphatic heterocycles. The van der Waals surface area contributed by atoms with Crippen molar-refractivity contribution in [3.05, 3.63) is 42.5 Å². The number of piperazine rings is 1. The topological polar surface area (TPSA) is 91.8 Å². The van der Waals surface area contributed by atoms with E-state index in [2.05, 4.69) is 30.8 Å². The molecule has 2 aromatic heterocycles. The Morgan fingerprint density at radius 1 is 0.867 bits per heavy atom. The van der Waals surface area contributed by atoms with Crippen LogP contribution in [0.3, 0.4) is 0 Å². The maximum absolute atomic E-state index is 11.7. The van der Waals surface area contributed by atoms with Crippen LogP contribution in [0.1, 0.15) is 18.5 Å². The van der Waals surface area contributed by atoms with Crippen LogP contribution >= 0.6 is 0 Å². The van der Waals surface area contributed by atoms with E-state index < -0.39 is 0 Å². The fourth-order valence-corrected chi connectivity index (χ4v) is 3.74. The van der Waals surface area contributed by atoms with Gasteiger partial charge in [-0.2, -0.15) is 0 Å². The summed E-state index contributed by atoms with van der Waals surface area (Å²) in [5, 5.41) is 0. The van der Waals surface area contributed by atoms with Crippen LogP contribution in [0.2, 0.25) is 0 Å². The first-order valence-corrected chi connectivity index (χ1v) is 10.3. The number of hydrogen-bond acceptors (Lipinski definition) is 8. The van der Waals surface area contributed by atoms with Gasteiger partial charge in [-0.1, -0.05) is 6.07 Å². The molecule has 4 rings (SSSR count). The van der Waals surface area contributed by atoms with Crippen LogP contribution in [-0.2, 0) is 16.0 Å². The summed E-state index contributed by atoms with van der Waals surface area (Å²) in [6.45, 7) is 4.97. The predicted molar refractivity (Wildman–Crippen MR) is 110 cm³/mol. The lowest BCUT2D eigenvalue weighted by molar-refractivity contribution is -0.138. The monoisotopic (exact) mass is 410 g/mol. The number of nitrogens with zero attached hydrogens (tertiary/aromatic N) is 6. The van der Waals surface area contributed by atoms with E-state index in [1.807, 2.05) is 18.3 Å². The molecule has 0 N–H and O–H groups in total.